The number of pyridine rings is 1. The van der Waals surface area contributed by atoms with Crippen LogP contribution in [0.25, 0.3) is 21.8 Å². The van der Waals surface area contributed by atoms with Gasteiger partial charge in [-0.05, 0) is 42.9 Å². The first-order chi connectivity index (χ1) is 14.4. The number of methoxy groups -OCH3 is 1. The van der Waals surface area contributed by atoms with Crippen LogP contribution < -0.4 is 10.4 Å². The van der Waals surface area contributed by atoms with Crippen LogP contribution in [0, 0.1) is 11.8 Å². The summed E-state index contributed by atoms with van der Waals surface area (Å²) in [6.45, 7) is 1.44. The van der Waals surface area contributed by atoms with Gasteiger partial charge in [0.15, 0.2) is 0 Å². The second-order valence-corrected chi connectivity index (χ2v) is 9.72. The molecule has 0 bridgehead atoms. The van der Waals surface area contributed by atoms with Crippen molar-refractivity contribution in [1.82, 2.24) is 19.8 Å². The summed E-state index contributed by atoms with van der Waals surface area (Å²) in [4.78, 5) is 32.8. The predicted octanol–water partition coefficient (Wildman–Crippen LogP) is 1.72. The minimum atomic E-state index is -3.81. The van der Waals surface area contributed by atoms with Gasteiger partial charge in [-0.3, -0.25) is 4.79 Å². The van der Waals surface area contributed by atoms with Crippen molar-refractivity contribution < 1.29 is 17.9 Å². The molecule has 1 aliphatic heterocycles. The largest absolute Gasteiger partial charge is 0.465 e. The maximum absolute atomic E-state index is 13.0. The minimum Gasteiger partial charge on any atom is -0.465 e. The van der Waals surface area contributed by atoms with E-state index in [1.807, 2.05) is 0 Å². The fourth-order valence-corrected chi connectivity index (χ4v) is 5.99. The molecular weight excluding hydrogens is 408 g/mol. The summed E-state index contributed by atoms with van der Waals surface area (Å²) in [7, 11) is -2.56. The second-order valence-electron chi connectivity index (χ2n) is 8.06. The molecule has 1 aliphatic carbocycles. The summed E-state index contributed by atoms with van der Waals surface area (Å²) in [5.41, 5.74) is 0.410. The number of carbonyl (C=O) groups excluding carboxylic acids is 1. The Bertz CT molecular complexity index is 1310. The maximum Gasteiger partial charge on any atom is 0.340 e. The first-order valence-corrected chi connectivity index (χ1v) is 11.4. The van der Waals surface area contributed by atoms with Crippen molar-refractivity contribution in [2.75, 3.05) is 20.2 Å². The van der Waals surface area contributed by atoms with Gasteiger partial charge in [0, 0.05) is 35.6 Å². The van der Waals surface area contributed by atoms with Gasteiger partial charge < -0.3 is 14.7 Å². The molecule has 3 aromatic rings. The number of fused-ring (bicyclic) bond motifs is 4. The summed E-state index contributed by atoms with van der Waals surface area (Å²) >= 11 is 0. The molecule has 3 heterocycles. The monoisotopic (exact) mass is 430 g/mol. The van der Waals surface area contributed by atoms with Crippen LogP contribution >= 0.6 is 0 Å². The fraction of sp³-hybridized carbons (Fsp3) is 0.400. The summed E-state index contributed by atoms with van der Waals surface area (Å²) in [6.07, 6.45) is 4.91. The number of aromatic nitrogens is 2. The van der Waals surface area contributed by atoms with E-state index in [0.717, 1.165) is 25.9 Å². The molecule has 2 aliphatic rings. The number of rotatable bonds is 4. The zero-order valence-electron chi connectivity index (χ0n) is 16.4. The molecule has 0 spiro atoms. The van der Waals surface area contributed by atoms with Crippen LogP contribution in [0.2, 0.25) is 0 Å². The number of aromatic amines is 2. The molecule has 0 amide bonds. The van der Waals surface area contributed by atoms with Gasteiger partial charge in [-0.25, -0.2) is 18.2 Å². The number of H-pyrrole nitrogens is 2. The predicted molar refractivity (Wildman–Crippen MR) is 110 cm³/mol. The average molecular weight is 430 g/mol. The van der Waals surface area contributed by atoms with E-state index in [1.165, 1.54) is 37.9 Å². The highest BCUT2D eigenvalue weighted by atomic mass is 32.2. The Morgan fingerprint density at radius 1 is 1.23 bits per heavy atom. The van der Waals surface area contributed by atoms with Gasteiger partial charge in [-0.1, -0.05) is 6.42 Å². The van der Waals surface area contributed by atoms with E-state index in [-0.39, 0.29) is 16.0 Å². The van der Waals surface area contributed by atoms with Gasteiger partial charge in [-0.2, -0.15) is 0 Å². The van der Waals surface area contributed by atoms with E-state index in [0.29, 0.717) is 28.1 Å². The molecule has 30 heavy (non-hydrogen) atoms. The van der Waals surface area contributed by atoms with E-state index in [9.17, 15) is 18.0 Å². The lowest BCUT2D eigenvalue weighted by molar-refractivity contribution is 0.0603. The minimum absolute atomic E-state index is 0.0671. The third-order valence-corrected chi connectivity index (χ3v) is 7.68. The zero-order chi connectivity index (χ0) is 21.0. The Morgan fingerprint density at radius 3 is 2.67 bits per heavy atom. The standard InChI is InChI=1S/C20H22N4O5S/c1-29-20(26)15-8-21-18-17(15)14-7-13(5-6-16(14)22-19(18)25)30(27,28)23-24-9-11-3-2-4-12(11)10-24/h5-8,11-12,21,23H,2-4,9-10H2,1H3,(H,22,25). The molecule has 3 N–H and O–H groups in total. The summed E-state index contributed by atoms with van der Waals surface area (Å²) in [5, 5.41) is 2.58. The molecule has 2 aromatic heterocycles. The third kappa shape index (κ3) is 3.03. The van der Waals surface area contributed by atoms with Gasteiger partial charge in [0.05, 0.1) is 17.6 Å². The Labute approximate surface area is 172 Å². The molecular formula is C20H22N4O5S. The lowest BCUT2D eigenvalue weighted by Crippen LogP contribution is -2.41. The van der Waals surface area contributed by atoms with E-state index < -0.39 is 21.6 Å². The molecule has 1 saturated heterocycles. The van der Waals surface area contributed by atoms with Gasteiger partial charge in [0.25, 0.3) is 15.6 Å². The SMILES string of the molecule is COC(=O)c1c[nH]c2c(=O)[nH]c3ccc(S(=O)(=O)NN4CC5CCCC5C4)cc3c12. The fourth-order valence-electron chi connectivity index (χ4n) is 4.88. The lowest BCUT2D eigenvalue weighted by atomic mass is 10.0. The van der Waals surface area contributed by atoms with Gasteiger partial charge >= 0.3 is 5.97 Å². The molecule has 1 saturated carbocycles. The van der Waals surface area contributed by atoms with Crippen LogP contribution in [0.5, 0.6) is 0 Å². The third-order valence-electron chi connectivity index (χ3n) is 6.31. The molecule has 2 fully saturated rings. The molecule has 5 rings (SSSR count). The van der Waals surface area contributed by atoms with E-state index in [1.54, 1.807) is 5.01 Å². The number of sulfonamides is 1. The molecule has 9 nitrogen and oxygen atoms in total. The van der Waals surface area contributed by atoms with Crippen LogP contribution in [0.15, 0.2) is 34.1 Å². The normalized spacial score (nSPS) is 22.0. The quantitative estimate of drug-likeness (QED) is 0.542. The molecule has 0 radical (unpaired) electrons. The van der Waals surface area contributed by atoms with Crippen molar-refractivity contribution in [1.29, 1.82) is 0 Å². The molecule has 1 aromatic carbocycles. The first-order valence-electron chi connectivity index (χ1n) is 9.90. The zero-order valence-corrected chi connectivity index (χ0v) is 17.2. The Balaban J connectivity index is 1.57. The van der Waals surface area contributed by atoms with Crippen LogP contribution in [-0.4, -0.2) is 49.6 Å². The number of nitrogens with one attached hydrogen (secondary N) is 3. The van der Waals surface area contributed by atoms with Gasteiger partial charge in [0.1, 0.15) is 5.52 Å². The number of nitrogens with zero attached hydrogens (tertiary/aromatic N) is 1. The number of benzene rings is 1. The first kappa shape index (κ1) is 19.3. The number of hydrogen-bond donors (Lipinski definition) is 3. The molecule has 2 atom stereocenters. The van der Waals surface area contributed by atoms with Gasteiger partial charge in [0.2, 0.25) is 0 Å². The highest BCUT2D eigenvalue weighted by molar-refractivity contribution is 7.89. The highest BCUT2D eigenvalue weighted by Crippen LogP contribution is 2.37. The van der Waals surface area contributed by atoms with E-state index >= 15 is 0 Å². The van der Waals surface area contributed by atoms with Crippen molar-refractivity contribution in [3.05, 3.63) is 40.3 Å². The number of carbonyl (C=O) groups is 1. The van der Waals surface area contributed by atoms with E-state index in [2.05, 4.69) is 14.8 Å². The van der Waals surface area contributed by atoms with Crippen molar-refractivity contribution in [3.8, 4) is 0 Å². The summed E-state index contributed by atoms with van der Waals surface area (Å²) in [5.74, 6) is 0.496. The Morgan fingerprint density at radius 2 is 1.97 bits per heavy atom. The highest BCUT2D eigenvalue weighted by Gasteiger charge is 2.37. The molecule has 158 valence electrons. The molecule has 2 unspecified atom stereocenters. The van der Waals surface area contributed by atoms with Crippen LogP contribution in [0.1, 0.15) is 29.6 Å². The second kappa shape index (κ2) is 6.93. The van der Waals surface area contributed by atoms with Crippen LogP contribution in [0.3, 0.4) is 0 Å². The average Bonchev–Trinajstić information content (AvgIpc) is 3.41. The van der Waals surface area contributed by atoms with Crippen LogP contribution in [-0.2, 0) is 14.8 Å². The summed E-state index contributed by atoms with van der Waals surface area (Å²) < 4.78 is 30.9. The lowest BCUT2D eigenvalue weighted by Gasteiger charge is -2.18. The smallest absolute Gasteiger partial charge is 0.340 e. The summed E-state index contributed by atoms with van der Waals surface area (Å²) in [6, 6.07) is 4.47. The number of esters is 1. The number of hydrazine groups is 1. The van der Waals surface area contributed by atoms with Crippen LogP contribution in [0.4, 0.5) is 0 Å². The van der Waals surface area contributed by atoms with E-state index in [4.69, 9.17) is 4.74 Å². The number of hydrogen-bond acceptors (Lipinski definition) is 6. The number of ether oxygens (including phenoxy) is 1. The molecule has 10 heteroatoms. The van der Waals surface area contributed by atoms with Gasteiger partial charge in [-0.15, -0.1) is 4.83 Å². The van der Waals surface area contributed by atoms with Crippen molar-refractivity contribution >= 4 is 37.8 Å². The maximum atomic E-state index is 13.0. The Hall–Kier alpha value is -2.69. The van der Waals surface area contributed by atoms with Crippen molar-refractivity contribution in [2.45, 2.75) is 24.2 Å². The van der Waals surface area contributed by atoms with Crippen molar-refractivity contribution in [3.63, 3.8) is 0 Å². The topological polar surface area (TPSA) is 124 Å². The van der Waals surface area contributed by atoms with Crippen molar-refractivity contribution in [2.24, 2.45) is 11.8 Å². The Kier molecular flexibility index (Phi) is 4.46.